The normalized spacial score (nSPS) is 24.0. The van der Waals surface area contributed by atoms with Gasteiger partial charge in [-0.25, -0.2) is 0 Å². The van der Waals surface area contributed by atoms with Crippen LogP contribution in [0.15, 0.2) is 60.7 Å². The molecule has 0 heterocycles. The van der Waals surface area contributed by atoms with Crippen molar-refractivity contribution < 1.29 is 4.79 Å². The zero-order valence-corrected chi connectivity index (χ0v) is 16.1. The Balaban J connectivity index is 1.94. The Kier molecular flexibility index (Phi) is 4.15. The minimum absolute atomic E-state index is 0.0970. The number of carbonyl (C=O) groups is 1. The zero-order chi connectivity index (χ0) is 15.8. The van der Waals surface area contributed by atoms with E-state index in [9.17, 15) is 4.79 Å². The van der Waals surface area contributed by atoms with E-state index in [0.717, 1.165) is 6.42 Å². The molecule has 0 aliphatic heterocycles. The van der Waals surface area contributed by atoms with Gasteiger partial charge in [-0.1, -0.05) is 0 Å². The second kappa shape index (κ2) is 5.81. The first-order valence-electron chi connectivity index (χ1n) is 7.77. The van der Waals surface area contributed by atoms with Crippen LogP contribution in [0.3, 0.4) is 0 Å². The quantitative estimate of drug-likeness (QED) is 0.729. The molecule has 0 spiro atoms. The van der Waals surface area contributed by atoms with Crippen LogP contribution >= 0.6 is 0 Å². The molecular formula is C19H22OSeSi. The van der Waals surface area contributed by atoms with Crippen LogP contribution in [0.2, 0.25) is 24.0 Å². The molecule has 0 radical (unpaired) electrons. The number of hydrogen-bond donors (Lipinski definition) is 0. The van der Waals surface area contributed by atoms with Crippen molar-refractivity contribution in [2.75, 3.05) is 0 Å². The van der Waals surface area contributed by atoms with Gasteiger partial charge in [0.2, 0.25) is 0 Å². The fourth-order valence-corrected chi connectivity index (χ4v) is 9.60. The number of rotatable bonds is 5. The first-order chi connectivity index (χ1) is 10.4. The fraction of sp³-hybridized carbons (Fsp3) is 0.316. The number of carbonyl (C=O) groups excluding carboxylic acids is 1. The first-order valence-corrected chi connectivity index (χ1v) is 13.0. The van der Waals surface area contributed by atoms with Gasteiger partial charge in [0, 0.05) is 0 Å². The van der Waals surface area contributed by atoms with Gasteiger partial charge in [0.15, 0.2) is 0 Å². The van der Waals surface area contributed by atoms with Crippen LogP contribution in [0, 0.1) is 0 Å². The van der Waals surface area contributed by atoms with Gasteiger partial charge in [-0.05, 0) is 0 Å². The van der Waals surface area contributed by atoms with E-state index >= 15 is 0 Å². The Bertz CT molecular complexity index is 663. The molecule has 0 N–H and O–H groups in total. The van der Waals surface area contributed by atoms with Gasteiger partial charge in [-0.3, -0.25) is 0 Å². The molecule has 2 aromatic carbocycles. The van der Waals surface area contributed by atoms with E-state index in [1.807, 2.05) is 6.07 Å². The molecule has 0 unspecified atom stereocenters. The van der Waals surface area contributed by atoms with Crippen LogP contribution in [0.1, 0.15) is 17.9 Å². The van der Waals surface area contributed by atoms with Crippen LogP contribution in [0.5, 0.6) is 0 Å². The molecule has 0 aromatic heterocycles. The summed E-state index contributed by atoms with van der Waals surface area (Å²) in [6.45, 7) is 6.58. The van der Waals surface area contributed by atoms with E-state index in [2.05, 4.69) is 74.2 Å². The summed E-state index contributed by atoms with van der Waals surface area (Å²) in [4.78, 5) is 13.2. The summed E-state index contributed by atoms with van der Waals surface area (Å²) in [5.41, 5.74) is 1.34. The van der Waals surface area contributed by atoms with Crippen molar-refractivity contribution in [1.82, 2.24) is 0 Å². The van der Waals surface area contributed by atoms with Crippen molar-refractivity contribution in [1.29, 1.82) is 0 Å². The number of benzene rings is 2. The van der Waals surface area contributed by atoms with Gasteiger partial charge in [-0.2, -0.15) is 0 Å². The van der Waals surface area contributed by atoms with Gasteiger partial charge < -0.3 is 0 Å². The Hall–Kier alpha value is -1.15. The van der Waals surface area contributed by atoms with Crippen LogP contribution in [-0.4, -0.2) is 28.4 Å². The maximum absolute atomic E-state index is 13.2. The van der Waals surface area contributed by atoms with Gasteiger partial charge >= 0.3 is 140 Å². The molecule has 1 saturated carbocycles. The van der Waals surface area contributed by atoms with Crippen molar-refractivity contribution in [2.24, 2.45) is 0 Å². The number of hydrogen-bond acceptors (Lipinski definition) is 1. The first kappa shape index (κ1) is 15.7. The summed E-state index contributed by atoms with van der Waals surface area (Å²) in [6, 6.07) is 21.2. The molecule has 3 rings (SSSR count). The van der Waals surface area contributed by atoms with Crippen molar-refractivity contribution in [2.45, 2.75) is 36.3 Å². The van der Waals surface area contributed by atoms with E-state index in [1.54, 1.807) is 0 Å². The van der Waals surface area contributed by atoms with Gasteiger partial charge in [-0.15, -0.1) is 0 Å². The molecule has 3 heteroatoms. The van der Waals surface area contributed by atoms with Crippen LogP contribution < -0.4 is 4.46 Å². The average Bonchev–Trinajstić information content (AvgIpc) is 3.23. The van der Waals surface area contributed by atoms with E-state index in [0.29, 0.717) is 11.3 Å². The molecular weight excluding hydrogens is 351 g/mol. The third-order valence-corrected chi connectivity index (χ3v) is 9.60. The van der Waals surface area contributed by atoms with Gasteiger partial charge in [0.25, 0.3) is 0 Å². The molecule has 2 aromatic rings. The Labute approximate surface area is 140 Å². The Morgan fingerprint density at radius 2 is 1.55 bits per heavy atom. The second-order valence-corrected chi connectivity index (χ2v) is 15.0. The van der Waals surface area contributed by atoms with Crippen LogP contribution in [-0.2, 0) is 4.79 Å². The molecule has 22 heavy (non-hydrogen) atoms. The van der Waals surface area contributed by atoms with Crippen molar-refractivity contribution >= 4 is 32.9 Å². The monoisotopic (exact) mass is 374 g/mol. The zero-order valence-electron chi connectivity index (χ0n) is 13.4. The van der Waals surface area contributed by atoms with Crippen molar-refractivity contribution in [3.63, 3.8) is 0 Å². The van der Waals surface area contributed by atoms with Crippen molar-refractivity contribution in [3.8, 4) is 0 Å². The third kappa shape index (κ3) is 2.98. The average molecular weight is 373 g/mol. The van der Waals surface area contributed by atoms with E-state index in [1.165, 1.54) is 10.0 Å². The van der Waals surface area contributed by atoms with E-state index in [4.69, 9.17) is 0 Å². The van der Waals surface area contributed by atoms with Crippen LogP contribution in [0.25, 0.3) is 0 Å². The molecule has 1 nitrogen and oxygen atoms in total. The predicted octanol–water partition coefficient (Wildman–Crippen LogP) is 3.81. The molecule has 1 aliphatic carbocycles. The molecule has 1 fully saturated rings. The summed E-state index contributed by atoms with van der Waals surface area (Å²) in [5.74, 6) is 0.424. The fourth-order valence-electron chi connectivity index (χ4n) is 3.06. The molecule has 1 aliphatic rings. The Morgan fingerprint density at radius 1 is 1.00 bits per heavy atom. The van der Waals surface area contributed by atoms with Gasteiger partial charge in [0.05, 0.1) is 0 Å². The third-order valence-electron chi connectivity index (χ3n) is 4.22. The van der Waals surface area contributed by atoms with E-state index in [-0.39, 0.29) is 19.3 Å². The summed E-state index contributed by atoms with van der Waals surface area (Å²) in [6.07, 6.45) is 1.04. The van der Waals surface area contributed by atoms with E-state index < -0.39 is 8.07 Å². The van der Waals surface area contributed by atoms with Gasteiger partial charge in [0.1, 0.15) is 0 Å². The molecule has 114 valence electrons. The molecule has 0 amide bonds. The summed E-state index contributed by atoms with van der Waals surface area (Å²) >= 11 is 0.214. The predicted molar refractivity (Wildman–Crippen MR) is 96.7 cm³/mol. The molecule has 0 saturated heterocycles. The van der Waals surface area contributed by atoms with Crippen molar-refractivity contribution in [3.05, 3.63) is 66.2 Å². The summed E-state index contributed by atoms with van der Waals surface area (Å²) in [5, 5.41) is 0.567. The molecule has 0 bridgehead atoms. The standard InChI is InChI=1S/C19H22OSeSi/c1-22(2,3)18(20)19(21-16-12-8-5-9-13-16)14-17(19)15-10-6-4-7-11-15/h4-13,17H,14H2,1-3H3/t17-,19+/m1/s1. The second-order valence-electron chi connectivity index (χ2n) is 7.05. The SMILES string of the molecule is C[Si](C)(C)C(=O)[C@]1([Se]c2ccccc2)C[C@@H]1c1ccccc1. The molecule has 2 atom stereocenters. The summed E-state index contributed by atoms with van der Waals surface area (Å²) < 4.78 is 1.25. The minimum atomic E-state index is -1.79. The maximum atomic E-state index is 13.2. The summed E-state index contributed by atoms with van der Waals surface area (Å²) in [7, 11) is -1.79. The topological polar surface area (TPSA) is 17.1 Å². The Morgan fingerprint density at radius 3 is 2.09 bits per heavy atom. The van der Waals surface area contributed by atoms with Crippen LogP contribution in [0.4, 0.5) is 0 Å².